The topological polar surface area (TPSA) is 75.6 Å². The summed E-state index contributed by atoms with van der Waals surface area (Å²) in [6.45, 7) is 0. The molecule has 0 aliphatic rings. The van der Waals surface area contributed by atoms with Crippen molar-refractivity contribution >= 4 is 12.4 Å². The van der Waals surface area contributed by atoms with Crippen molar-refractivity contribution in [2.24, 2.45) is 0 Å². The largest absolute Gasteiger partial charge is 0.520 e. The second-order valence-electron chi connectivity index (χ2n) is 3.42. The molecule has 1 unspecified atom stereocenters. The number of ether oxygens (including phenoxy) is 1. The van der Waals surface area contributed by atoms with E-state index in [1.165, 1.54) is 13.5 Å². The van der Waals surface area contributed by atoms with Gasteiger partial charge in [-0.05, 0) is 11.6 Å². The summed E-state index contributed by atoms with van der Waals surface area (Å²) in [4.78, 5) is 20.9. The number of halogens is 2. The van der Waals surface area contributed by atoms with E-state index in [1.54, 1.807) is 0 Å². The van der Waals surface area contributed by atoms with E-state index in [-0.39, 0.29) is 17.7 Å². The molecule has 1 amide bonds. The average Bonchev–Trinajstić information content (AvgIpc) is 2.31. The molecule has 19 heavy (non-hydrogen) atoms. The fraction of sp³-hybridized carbons (Fsp3) is 0.273. The van der Waals surface area contributed by atoms with Crippen molar-refractivity contribution in [3.8, 4) is 5.75 Å². The third kappa shape index (κ3) is 3.65. The van der Waals surface area contributed by atoms with Gasteiger partial charge in [0, 0.05) is 12.5 Å². The molecule has 1 rings (SSSR count). The SMILES string of the molecule is COc1cc(CC(N[C-]=O)C(=O)O)c(F)cc1F.[Fm]. The fourth-order valence-electron chi connectivity index (χ4n) is 1.38. The molecule has 0 saturated heterocycles. The fourth-order valence-corrected chi connectivity index (χ4v) is 1.38. The smallest absolute Gasteiger partial charge is 0.323 e. The van der Waals surface area contributed by atoms with Crippen LogP contribution in [0.3, 0.4) is 0 Å². The Hall–Kier alpha value is -3.18. The summed E-state index contributed by atoms with van der Waals surface area (Å²) >= 11 is 0. The predicted octanol–water partition coefficient (Wildman–Crippen LogP) is 0.626. The van der Waals surface area contributed by atoms with Gasteiger partial charge in [-0.25, -0.2) is 8.78 Å². The van der Waals surface area contributed by atoms with E-state index >= 15 is 0 Å². The van der Waals surface area contributed by atoms with Crippen LogP contribution in [0.4, 0.5) is 8.78 Å². The molecule has 8 heteroatoms. The molecule has 0 aliphatic carbocycles. The Kier molecular flexibility index (Phi) is 5.44. The maximum Gasteiger partial charge on any atom is 0.323 e. The number of benzene rings is 1. The van der Waals surface area contributed by atoms with Crippen LogP contribution in [0, 0.1) is 11.6 Å². The maximum atomic E-state index is 13.4. The molecule has 0 aromatic heterocycles. The van der Waals surface area contributed by atoms with Gasteiger partial charge in [-0.15, -0.1) is 0 Å². The van der Waals surface area contributed by atoms with Crippen molar-refractivity contribution in [1.29, 1.82) is 0 Å². The van der Waals surface area contributed by atoms with E-state index in [2.05, 4.69) is 4.74 Å². The van der Waals surface area contributed by atoms with Crippen LogP contribution in [0.15, 0.2) is 12.1 Å². The molecule has 1 atom stereocenters. The number of carboxylic acids is 1. The molecule has 0 bridgehead atoms. The molecular weight excluding hydrogens is 505 g/mol. The van der Waals surface area contributed by atoms with Gasteiger partial charge in [0.15, 0.2) is 11.6 Å². The van der Waals surface area contributed by atoms with Crippen molar-refractivity contribution in [1.82, 2.24) is 5.32 Å². The monoisotopic (exact) mass is 515 g/mol. The van der Waals surface area contributed by atoms with Crippen LogP contribution in [0.25, 0.3) is 0 Å². The van der Waals surface area contributed by atoms with Crippen molar-refractivity contribution in [3.63, 3.8) is 0 Å². The normalized spacial score (nSPS) is 11.1. The molecule has 0 aliphatic heterocycles. The number of carbonyl (C=O) groups is 1. The van der Waals surface area contributed by atoms with Gasteiger partial charge in [0.05, 0.1) is 7.11 Å². The number of amides is 1. The molecular formula is C11H10F2FmNO4-. The maximum absolute atomic E-state index is 13.4. The average molecular weight is 515 g/mol. The van der Waals surface area contributed by atoms with E-state index in [1.807, 2.05) is 5.32 Å². The van der Waals surface area contributed by atoms with Gasteiger partial charge in [0.25, 0.3) is 0 Å². The number of carboxylic acid groups (broad SMARTS) is 1. The first-order valence-electron chi connectivity index (χ1n) is 4.87. The number of rotatable bonds is 6. The molecule has 0 radical (unpaired) electrons. The van der Waals surface area contributed by atoms with Gasteiger partial charge in [-0.1, -0.05) is 0 Å². The summed E-state index contributed by atoms with van der Waals surface area (Å²) in [5.41, 5.74) is -0.0802. The molecule has 1 aromatic carbocycles. The number of aliphatic carboxylic acids is 1. The van der Waals surface area contributed by atoms with E-state index in [0.717, 1.165) is 6.07 Å². The van der Waals surface area contributed by atoms with Gasteiger partial charge in [-0.2, -0.15) is 6.41 Å². The minimum atomic E-state index is -1.35. The van der Waals surface area contributed by atoms with E-state index in [9.17, 15) is 18.4 Å². The molecule has 0 spiro atoms. The first-order valence-corrected chi connectivity index (χ1v) is 4.87. The first-order chi connectivity index (χ1) is 8.49. The van der Waals surface area contributed by atoms with E-state index in [4.69, 9.17) is 5.11 Å². The Bertz CT molecular complexity index is 470. The molecule has 2 N–H and O–H groups in total. The standard InChI is InChI=1S/C11H10F2NO4.Fm/c1-18-10-3-6(7(12)4-8(10)13)2-9(11(16)17)14-5-15;/h3-4,9H,2H2,1H3,(H,14,15)(H,16,17);/q-1;. The number of methoxy groups -OCH3 is 1. The van der Waals surface area contributed by atoms with Crippen LogP contribution in [-0.2, 0) is 16.0 Å². The zero-order chi connectivity index (χ0) is 13.7. The van der Waals surface area contributed by atoms with Gasteiger partial charge in [-0.3, -0.25) is 4.79 Å². The molecule has 5 nitrogen and oxygen atoms in total. The molecule has 0 heterocycles. The van der Waals surface area contributed by atoms with Gasteiger partial charge >= 0.3 is 5.97 Å². The summed E-state index contributed by atoms with van der Waals surface area (Å²) < 4.78 is 31.2. The number of nitrogens with one attached hydrogen (secondary N) is 1. The van der Waals surface area contributed by atoms with Crippen molar-refractivity contribution in [2.45, 2.75) is 12.5 Å². The first kappa shape index (κ1) is 15.8. The summed E-state index contributed by atoms with van der Waals surface area (Å²) in [7, 11) is 1.20. The minimum Gasteiger partial charge on any atom is -0.520 e. The van der Waals surface area contributed by atoms with Gasteiger partial charge in [0.1, 0.15) is 11.9 Å². The summed E-state index contributed by atoms with van der Waals surface area (Å²) in [6.07, 6.45) is 0.880. The molecule has 0 fully saturated rings. The van der Waals surface area contributed by atoms with Crippen molar-refractivity contribution in [2.75, 3.05) is 7.11 Å². The van der Waals surface area contributed by atoms with Crippen LogP contribution in [0.1, 0.15) is 5.56 Å². The third-order valence-corrected chi connectivity index (χ3v) is 2.28. The Morgan fingerprint density at radius 2 is 2.11 bits per heavy atom. The Balaban J connectivity index is 0.00000324. The van der Waals surface area contributed by atoms with E-state index < -0.39 is 23.6 Å². The molecule has 0 saturated carbocycles. The Labute approximate surface area is 101 Å². The quantitative estimate of drug-likeness (QED) is 0.431. The minimum absolute atomic E-state index is 0. The van der Waals surface area contributed by atoms with Crippen molar-refractivity contribution in [3.05, 3.63) is 29.3 Å². The molecule has 110 valence electrons. The van der Waals surface area contributed by atoms with Gasteiger partial charge < -0.3 is 20.0 Å². The zero-order valence-corrected chi connectivity index (χ0v) is 12.1. The second kappa shape index (κ2) is 6.53. The van der Waals surface area contributed by atoms with Crippen molar-refractivity contribution < 1.29 is 28.2 Å². The number of hydrogen-bond acceptors (Lipinski definition) is 3. The Morgan fingerprint density at radius 1 is 1.47 bits per heavy atom. The number of carbonyl (C=O) groups excluding carboxylic acids is 1. The van der Waals surface area contributed by atoms with Crippen LogP contribution in [0.2, 0.25) is 0 Å². The van der Waals surface area contributed by atoms with Gasteiger partial charge in [0.2, 0.25) is 0 Å². The van der Waals surface area contributed by atoms with Crippen LogP contribution in [-0.4, -0.2) is 30.6 Å². The predicted molar refractivity (Wildman–Crippen MR) is 56.9 cm³/mol. The van der Waals surface area contributed by atoms with E-state index in [0.29, 0.717) is 6.07 Å². The van der Waals surface area contributed by atoms with Crippen LogP contribution in [0.5, 0.6) is 5.75 Å². The third-order valence-electron chi connectivity index (χ3n) is 2.28. The second-order valence-corrected chi connectivity index (χ2v) is 3.42. The summed E-state index contributed by atoms with van der Waals surface area (Å²) in [5.74, 6) is -3.35. The summed E-state index contributed by atoms with van der Waals surface area (Å²) in [5, 5.41) is 10.7. The molecule has 1 aromatic rings. The van der Waals surface area contributed by atoms with Crippen LogP contribution < -0.4 is 10.1 Å². The zero-order valence-electron chi connectivity index (χ0n) is 9.66. The summed E-state index contributed by atoms with van der Waals surface area (Å²) in [6, 6.07) is 0.303. The number of hydrogen-bond donors (Lipinski definition) is 2. The Morgan fingerprint density at radius 3 is 2.58 bits per heavy atom. The van der Waals surface area contributed by atoms with Crippen LogP contribution >= 0.6 is 0 Å².